The average Bonchev–Trinajstić information content (AvgIpc) is 3.16. The van der Waals surface area contributed by atoms with E-state index >= 15 is 0 Å². The number of piperidine rings is 1. The lowest BCUT2D eigenvalue weighted by molar-refractivity contribution is 0.198. The molecule has 0 bridgehead atoms. The van der Waals surface area contributed by atoms with E-state index in [4.69, 9.17) is 4.98 Å². The van der Waals surface area contributed by atoms with E-state index in [1.807, 2.05) is 7.05 Å². The molecule has 2 aromatic rings. The van der Waals surface area contributed by atoms with E-state index in [2.05, 4.69) is 77.9 Å². The highest BCUT2D eigenvalue weighted by atomic mass is 32.1. The molecule has 0 amide bonds. The van der Waals surface area contributed by atoms with Crippen LogP contribution in [-0.2, 0) is 18.5 Å². The number of benzene rings is 1. The summed E-state index contributed by atoms with van der Waals surface area (Å²) in [5.41, 5.74) is 4.00. The van der Waals surface area contributed by atoms with E-state index < -0.39 is 0 Å². The van der Waals surface area contributed by atoms with Crippen LogP contribution < -0.4 is 10.6 Å². The summed E-state index contributed by atoms with van der Waals surface area (Å²) in [5.74, 6) is 0.870. The first-order chi connectivity index (χ1) is 13.8. The first-order valence-electron chi connectivity index (χ1n) is 10.5. The standard InChI is InChI=1S/C23H35N5S/c1-17-7-6-8-18(13-17)15-28-11-9-19(10-12-28)26-22(24-5)25-14-21-27-20(16-29-21)23(2,3)4/h6-8,13,16,19H,9-12,14-15H2,1-5H3,(H2,24,25,26). The Morgan fingerprint density at radius 1 is 1.28 bits per heavy atom. The number of hydrogen-bond acceptors (Lipinski definition) is 4. The summed E-state index contributed by atoms with van der Waals surface area (Å²) < 4.78 is 0. The van der Waals surface area contributed by atoms with Crippen LogP contribution in [0, 0.1) is 6.92 Å². The van der Waals surface area contributed by atoms with Crippen LogP contribution in [0.5, 0.6) is 0 Å². The molecule has 2 heterocycles. The largest absolute Gasteiger partial charge is 0.354 e. The van der Waals surface area contributed by atoms with Crippen molar-refractivity contribution in [3.8, 4) is 0 Å². The maximum Gasteiger partial charge on any atom is 0.191 e. The third-order valence-corrected chi connectivity index (χ3v) is 6.22. The lowest BCUT2D eigenvalue weighted by atomic mass is 9.93. The minimum Gasteiger partial charge on any atom is -0.354 e. The molecule has 1 aliphatic rings. The summed E-state index contributed by atoms with van der Waals surface area (Å²) in [4.78, 5) is 11.7. The van der Waals surface area contributed by atoms with Crippen LogP contribution >= 0.6 is 11.3 Å². The van der Waals surface area contributed by atoms with Crippen molar-refractivity contribution in [2.45, 2.75) is 65.1 Å². The molecule has 1 aliphatic heterocycles. The fourth-order valence-electron chi connectivity index (χ4n) is 3.59. The maximum absolute atomic E-state index is 4.76. The molecule has 5 nitrogen and oxygen atoms in total. The second kappa shape index (κ2) is 9.72. The van der Waals surface area contributed by atoms with Gasteiger partial charge in [0, 0.05) is 43.5 Å². The molecule has 1 aromatic heterocycles. The molecule has 2 N–H and O–H groups in total. The Kier molecular flexibility index (Phi) is 7.30. The van der Waals surface area contributed by atoms with Gasteiger partial charge in [-0.3, -0.25) is 9.89 Å². The molecule has 0 aliphatic carbocycles. The van der Waals surface area contributed by atoms with Crippen LogP contribution in [-0.4, -0.2) is 42.0 Å². The Labute approximate surface area is 179 Å². The van der Waals surface area contributed by atoms with Crippen LogP contribution in [0.4, 0.5) is 0 Å². The summed E-state index contributed by atoms with van der Waals surface area (Å²) in [6.45, 7) is 12.7. The van der Waals surface area contributed by atoms with Gasteiger partial charge in [-0.2, -0.15) is 0 Å². The third-order valence-electron chi connectivity index (χ3n) is 5.37. The average molecular weight is 414 g/mol. The number of likely N-dealkylation sites (tertiary alicyclic amines) is 1. The quantitative estimate of drug-likeness (QED) is 0.573. The number of aliphatic imine (C=N–C) groups is 1. The van der Waals surface area contributed by atoms with Gasteiger partial charge in [-0.1, -0.05) is 50.6 Å². The summed E-state index contributed by atoms with van der Waals surface area (Å²) in [7, 11) is 1.84. The van der Waals surface area contributed by atoms with Gasteiger partial charge in [0.25, 0.3) is 0 Å². The van der Waals surface area contributed by atoms with Gasteiger partial charge in [-0.25, -0.2) is 4.98 Å². The molecule has 0 radical (unpaired) electrons. The molecule has 1 fully saturated rings. The molecule has 0 saturated carbocycles. The van der Waals surface area contributed by atoms with Gasteiger partial charge in [0.2, 0.25) is 0 Å². The van der Waals surface area contributed by atoms with Gasteiger partial charge in [0.1, 0.15) is 5.01 Å². The zero-order valence-electron chi connectivity index (χ0n) is 18.5. The summed E-state index contributed by atoms with van der Waals surface area (Å²) >= 11 is 1.71. The van der Waals surface area contributed by atoms with Crippen molar-refractivity contribution in [1.29, 1.82) is 0 Å². The van der Waals surface area contributed by atoms with Gasteiger partial charge < -0.3 is 10.6 Å². The van der Waals surface area contributed by atoms with Gasteiger partial charge in [0.05, 0.1) is 12.2 Å². The van der Waals surface area contributed by atoms with Crippen LogP contribution in [0.15, 0.2) is 34.6 Å². The van der Waals surface area contributed by atoms with Crippen molar-refractivity contribution in [1.82, 2.24) is 20.5 Å². The van der Waals surface area contributed by atoms with Crippen molar-refractivity contribution < 1.29 is 0 Å². The van der Waals surface area contributed by atoms with Crippen molar-refractivity contribution in [2.75, 3.05) is 20.1 Å². The third kappa shape index (κ3) is 6.54. The van der Waals surface area contributed by atoms with Gasteiger partial charge in [0.15, 0.2) is 5.96 Å². The highest BCUT2D eigenvalue weighted by Gasteiger charge is 2.21. The highest BCUT2D eigenvalue weighted by Crippen LogP contribution is 2.23. The maximum atomic E-state index is 4.76. The number of thiazole rings is 1. The topological polar surface area (TPSA) is 52.6 Å². The van der Waals surface area contributed by atoms with Gasteiger partial charge in [-0.05, 0) is 25.3 Å². The van der Waals surface area contributed by atoms with E-state index in [0.29, 0.717) is 12.6 Å². The normalized spacial score (nSPS) is 16.8. The minimum absolute atomic E-state index is 0.0983. The summed E-state index contributed by atoms with van der Waals surface area (Å²) in [5, 5.41) is 10.3. The molecule has 3 rings (SSSR count). The fraction of sp³-hybridized carbons (Fsp3) is 0.565. The van der Waals surface area contributed by atoms with Crippen molar-refractivity contribution in [2.24, 2.45) is 4.99 Å². The van der Waals surface area contributed by atoms with Crippen LogP contribution in [0.1, 0.15) is 55.4 Å². The highest BCUT2D eigenvalue weighted by molar-refractivity contribution is 7.09. The number of nitrogens with zero attached hydrogens (tertiary/aromatic N) is 3. The smallest absolute Gasteiger partial charge is 0.191 e. The predicted octanol–water partition coefficient (Wildman–Crippen LogP) is 4.08. The molecule has 29 heavy (non-hydrogen) atoms. The van der Waals surface area contributed by atoms with E-state index in [0.717, 1.165) is 49.1 Å². The van der Waals surface area contributed by atoms with E-state index in [9.17, 15) is 0 Å². The number of rotatable bonds is 5. The number of aryl methyl sites for hydroxylation is 1. The minimum atomic E-state index is 0.0983. The predicted molar refractivity (Wildman–Crippen MR) is 124 cm³/mol. The van der Waals surface area contributed by atoms with Crippen LogP contribution in [0.3, 0.4) is 0 Å². The molecular weight excluding hydrogens is 378 g/mol. The summed E-state index contributed by atoms with van der Waals surface area (Å²) in [6, 6.07) is 9.30. The SMILES string of the molecule is CN=C(NCc1nc(C(C)(C)C)cs1)NC1CCN(Cc2cccc(C)c2)CC1. The second-order valence-electron chi connectivity index (χ2n) is 8.99. The summed E-state index contributed by atoms with van der Waals surface area (Å²) in [6.07, 6.45) is 2.27. The molecule has 0 spiro atoms. The Hall–Kier alpha value is -1.92. The van der Waals surface area contributed by atoms with Crippen molar-refractivity contribution in [3.63, 3.8) is 0 Å². The molecule has 1 saturated heterocycles. The monoisotopic (exact) mass is 413 g/mol. The Bertz CT molecular complexity index is 813. The first kappa shape index (κ1) is 21.8. The van der Waals surface area contributed by atoms with Crippen LogP contribution in [0.2, 0.25) is 0 Å². The number of hydrogen-bond donors (Lipinski definition) is 2. The Morgan fingerprint density at radius 2 is 2.03 bits per heavy atom. The molecule has 0 unspecified atom stereocenters. The van der Waals surface area contributed by atoms with E-state index in [1.54, 1.807) is 11.3 Å². The lowest BCUT2D eigenvalue weighted by Crippen LogP contribution is -2.48. The lowest BCUT2D eigenvalue weighted by Gasteiger charge is -2.33. The number of nitrogens with one attached hydrogen (secondary N) is 2. The Balaban J connectivity index is 1.43. The van der Waals surface area contributed by atoms with Crippen molar-refractivity contribution >= 4 is 17.3 Å². The molecule has 158 valence electrons. The second-order valence-corrected chi connectivity index (χ2v) is 9.93. The zero-order valence-corrected chi connectivity index (χ0v) is 19.3. The fourth-order valence-corrected chi connectivity index (χ4v) is 4.55. The number of guanidine groups is 1. The van der Waals surface area contributed by atoms with E-state index in [1.165, 1.54) is 11.1 Å². The van der Waals surface area contributed by atoms with Crippen LogP contribution in [0.25, 0.3) is 0 Å². The van der Waals surface area contributed by atoms with Gasteiger partial charge in [-0.15, -0.1) is 11.3 Å². The Morgan fingerprint density at radius 3 is 2.66 bits per heavy atom. The van der Waals surface area contributed by atoms with Crippen molar-refractivity contribution in [3.05, 3.63) is 51.5 Å². The molecule has 1 aromatic carbocycles. The van der Waals surface area contributed by atoms with Gasteiger partial charge >= 0.3 is 0 Å². The first-order valence-corrected chi connectivity index (χ1v) is 11.4. The molecule has 0 atom stereocenters. The number of aromatic nitrogens is 1. The molecule has 6 heteroatoms. The molecular formula is C23H35N5S. The van der Waals surface area contributed by atoms with E-state index in [-0.39, 0.29) is 5.41 Å². The zero-order chi connectivity index (χ0) is 20.9.